The highest BCUT2D eigenvalue weighted by molar-refractivity contribution is 5.97. The third-order valence-corrected chi connectivity index (χ3v) is 2.31. The molecule has 0 spiro atoms. The van der Waals surface area contributed by atoms with Gasteiger partial charge in [-0.05, 0) is 19.4 Å². The highest BCUT2D eigenvalue weighted by Crippen LogP contribution is 2.25. The van der Waals surface area contributed by atoms with Crippen molar-refractivity contribution in [3.8, 4) is 5.75 Å². The lowest BCUT2D eigenvalue weighted by atomic mass is 10.1. The van der Waals surface area contributed by atoms with Crippen LogP contribution < -0.4 is 4.74 Å². The normalized spacial score (nSPS) is 10.0. The van der Waals surface area contributed by atoms with Crippen molar-refractivity contribution in [1.82, 2.24) is 0 Å². The van der Waals surface area contributed by atoms with E-state index in [0.29, 0.717) is 17.9 Å². The number of benzene rings is 1. The van der Waals surface area contributed by atoms with Gasteiger partial charge in [-0.1, -0.05) is 13.3 Å². The number of hydrogen-bond acceptors (Lipinski definition) is 4. The highest BCUT2D eigenvalue weighted by Gasteiger charge is 2.14. The monoisotopic (exact) mass is 237 g/mol. The Kier molecular flexibility index (Phi) is 4.63. The first-order chi connectivity index (χ1) is 8.06. The molecule has 5 nitrogen and oxygen atoms in total. The molecule has 0 aliphatic heterocycles. The molecule has 0 bridgehead atoms. The van der Waals surface area contributed by atoms with E-state index in [0.717, 1.165) is 12.8 Å². The fourth-order valence-corrected chi connectivity index (χ4v) is 1.36. The smallest absolute Gasteiger partial charge is 0.273 e. The van der Waals surface area contributed by atoms with E-state index in [-0.39, 0.29) is 11.5 Å². The van der Waals surface area contributed by atoms with E-state index in [1.807, 2.05) is 6.92 Å². The van der Waals surface area contributed by atoms with Crippen molar-refractivity contribution in [2.24, 2.45) is 0 Å². The lowest BCUT2D eigenvalue weighted by Crippen LogP contribution is -2.03. The van der Waals surface area contributed by atoms with Crippen LogP contribution in [-0.4, -0.2) is 17.3 Å². The highest BCUT2D eigenvalue weighted by atomic mass is 16.6. The first-order valence-corrected chi connectivity index (χ1v) is 5.48. The van der Waals surface area contributed by atoms with Gasteiger partial charge in [0.1, 0.15) is 5.75 Å². The Balaban J connectivity index is 2.98. The average Bonchev–Trinajstić information content (AvgIpc) is 2.28. The molecule has 1 aromatic carbocycles. The van der Waals surface area contributed by atoms with E-state index in [1.165, 1.54) is 25.1 Å². The Bertz CT molecular complexity index is 429. The lowest BCUT2D eigenvalue weighted by Gasteiger charge is -2.08. The number of non-ortho nitro benzene ring substituents is 1. The van der Waals surface area contributed by atoms with Crippen LogP contribution in [0.25, 0.3) is 0 Å². The lowest BCUT2D eigenvalue weighted by molar-refractivity contribution is -0.384. The first kappa shape index (κ1) is 13.2. The van der Waals surface area contributed by atoms with Gasteiger partial charge in [-0.3, -0.25) is 14.9 Å². The molecule has 0 amide bonds. The molecular formula is C12H15NO4. The molecular weight excluding hydrogens is 222 g/mol. The summed E-state index contributed by atoms with van der Waals surface area (Å²) in [7, 11) is 0. The maximum absolute atomic E-state index is 11.3. The Morgan fingerprint density at radius 2 is 2.18 bits per heavy atom. The van der Waals surface area contributed by atoms with Crippen molar-refractivity contribution in [2.75, 3.05) is 6.61 Å². The molecule has 0 aliphatic carbocycles. The van der Waals surface area contributed by atoms with Gasteiger partial charge in [0.05, 0.1) is 23.2 Å². The van der Waals surface area contributed by atoms with Crippen LogP contribution >= 0.6 is 0 Å². The van der Waals surface area contributed by atoms with E-state index in [1.54, 1.807) is 0 Å². The number of hydrogen-bond donors (Lipinski definition) is 0. The van der Waals surface area contributed by atoms with Crippen molar-refractivity contribution in [2.45, 2.75) is 26.7 Å². The minimum absolute atomic E-state index is 0.0681. The third kappa shape index (κ3) is 3.55. The first-order valence-electron chi connectivity index (χ1n) is 5.48. The quantitative estimate of drug-likeness (QED) is 0.330. The molecule has 0 saturated carbocycles. The number of nitro benzene ring substituents is 1. The second-order valence-electron chi connectivity index (χ2n) is 3.70. The Labute approximate surface area is 99.5 Å². The van der Waals surface area contributed by atoms with Crippen LogP contribution in [0.1, 0.15) is 37.0 Å². The fourth-order valence-electron chi connectivity index (χ4n) is 1.36. The minimum Gasteiger partial charge on any atom is -0.493 e. The predicted molar refractivity (Wildman–Crippen MR) is 63.5 cm³/mol. The summed E-state index contributed by atoms with van der Waals surface area (Å²) in [5.41, 5.74) is 0.313. The molecule has 1 rings (SSSR count). The fraction of sp³-hybridized carbons (Fsp3) is 0.417. The summed E-state index contributed by atoms with van der Waals surface area (Å²) in [5.74, 6) is 0.131. The van der Waals surface area contributed by atoms with Crippen molar-refractivity contribution in [3.05, 3.63) is 33.9 Å². The Morgan fingerprint density at radius 1 is 1.47 bits per heavy atom. The van der Waals surface area contributed by atoms with Gasteiger partial charge in [-0.25, -0.2) is 0 Å². The molecule has 0 radical (unpaired) electrons. The molecule has 0 fully saturated rings. The summed E-state index contributed by atoms with van der Waals surface area (Å²) >= 11 is 0. The number of carbonyl (C=O) groups excluding carboxylic acids is 1. The number of nitro groups is 1. The number of rotatable bonds is 6. The molecule has 5 heteroatoms. The molecule has 0 unspecified atom stereocenters. The largest absolute Gasteiger partial charge is 0.493 e. The molecule has 0 heterocycles. The van der Waals surface area contributed by atoms with Gasteiger partial charge in [0.25, 0.3) is 5.69 Å². The van der Waals surface area contributed by atoms with E-state index in [4.69, 9.17) is 4.74 Å². The minimum atomic E-state index is -0.503. The zero-order valence-electron chi connectivity index (χ0n) is 9.93. The zero-order valence-corrected chi connectivity index (χ0v) is 9.93. The summed E-state index contributed by atoms with van der Waals surface area (Å²) in [6.07, 6.45) is 1.81. The summed E-state index contributed by atoms with van der Waals surface area (Å²) in [5, 5.41) is 10.6. The van der Waals surface area contributed by atoms with Gasteiger partial charge in [0.2, 0.25) is 0 Å². The molecule has 1 aromatic rings. The van der Waals surface area contributed by atoms with E-state index >= 15 is 0 Å². The molecule has 0 aliphatic rings. The van der Waals surface area contributed by atoms with Crippen LogP contribution in [-0.2, 0) is 0 Å². The number of carbonyl (C=O) groups is 1. The van der Waals surface area contributed by atoms with Crippen LogP contribution in [0.3, 0.4) is 0 Å². The number of ether oxygens (including phenoxy) is 1. The maximum atomic E-state index is 11.3. The van der Waals surface area contributed by atoms with Gasteiger partial charge in [-0.2, -0.15) is 0 Å². The second kappa shape index (κ2) is 5.98. The zero-order chi connectivity index (χ0) is 12.8. The van der Waals surface area contributed by atoms with Crippen molar-refractivity contribution in [3.63, 3.8) is 0 Å². The topological polar surface area (TPSA) is 69.4 Å². The van der Waals surface area contributed by atoms with Crippen molar-refractivity contribution >= 4 is 11.5 Å². The van der Waals surface area contributed by atoms with Crippen LogP contribution in [0.2, 0.25) is 0 Å². The van der Waals surface area contributed by atoms with Gasteiger partial charge >= 0.3 is 0 Å². The molecule has 0 atom stereocenters. The van der Waals surface area contributed by atoms with Crippen molar-refractivity contribution in [1.29, 1.82) is 0 Å². The van der Waals surface area contributed by atoms with Gasteiger partial charge < -0.3 is 4.74 Å². The molecule has 0 saturated heterocycles. The second-order valence-corrected chi connectivity index (χ2v) is 3.70. The Morgan fingerprint density at radius 3 is 2.71 bits per heavy atom. The van der Waals surface area contributed by atoms with Crippen LogP contribution in [0.4, 0.5) is 5.69 Å². The standard InChI is InChI=1S/C12H15NO4/c1-3-4-7-17-12-8-10(13(15)16)5-6-11(12)9(2)14/h5-6,8H,3-4,7H2,1-2H3. The molecule has 0 N–H and O–H groups in total. The van der Waals surface area contributed by atoms with Crippen molar-refractivity contribution < 1.29 is 14.5 Å². The number of Topliss-reactive ketones (excluding diaryl/α,β-unsaturated/α-hetero) is 1. The van der Waals surface area contributed by atoms with Crippen LogP contribution in [0, 0.1) is 10.1 Å². The van der Waals surface area contributed by atoms with Gasteiger partial charge in [0.15, 0.2) is 5.78 Å². The molecule has 92 valence electrons. The summed E-state index contributed by atoms with van der Waals surface area (Å²) in [6.45, 7) is 3.88. The predicted octanol–water partition coefficient (Wildman–Crippen LogP) is 2.98. The van der Waals surface area contributed by atoms with Gasteiger partial charge in [0, 0.05) is 6.07 Å². The van der Waals surface area contributed by atoms with Gasteiger partial charge in [-0.15, -0.1) is 0 Å². The third-order valence-electron chi connectivity index (χ3n) is 2.31. The number of unbranched alkanes of at least 4 members (excludes halogenated alkanes) is 1. The Hall–Kier alpha value is -1.91. The van der Waals surface area contributed by atoms with E-state index < -0.39 is 4.92 Å². The van der Waals surface area contributed by atoms with E-state index in [9.17, 15) is 14.9 Å². The maximum Gasteiger partial charge on any atom is 0.273 e. The number of ketones is 1. The summed E-state index contributed by atoms with van der Waals surface area (Å²) in [6, 6.07) is 4.04. The number of nitrogens with zero attached hydrogens (tertiary/aromatic N) is 1. The van der Waals surface area contributed by atoms with Crippen LogP contribution in [0.15, 0.2) is 18.2 Å². The molecule has 0 aromatic heterocycles. The average molecular weight is 237 g/mol. The van der Waals surface area contributed by atoms with E-state index in [2.05, 4.69) is 0 Å². The van der Waals surface area contributed by atoms with Crippen LogP contribution in [0.5, 0.6) is 5.75 Å². The summed E-state index contributed by atoms with van der Waals surface area (Å²) in [4.78, 5) is 21.5. The summed E-state index contributed by atoms with van der Waals surface area (Å²) < 4.78 is 5.40. The molecule has 17 heavy (non-hydrogen) atoms. The SMILES string of the molecule is CCCCOc1cc([N+](=O)[O-])ccc1C(C)=O.